The smallest absolute Gasteiger partial charge is 0.129 e. The topological polar surface area (TPSA) is 26.0 Å². The second kappa shape index (κ2) is 5.93. The van der Waals surface area contributed by atoms with Gasteiger partial charge in [-0.2, -0.15) is 0 Å². The normalized spacial score (nSPS) is 12.4. The summed E-state index contributed by atoms with van der Waals surface area (Å²) in [5.74, 6) is -1.22. The van der Waals surface area contributed by atoms with Gasteiger partial charge in [0.05, 0.1) is 0 Å². The van der Waals surface area contributed by atoms with Crippen molar-refractivity contribution in [2.75, 3.05) is 6.54 Å². The summed E-state index contributed by atoms with van der Waals surface area (Å²) in [4.78, 5) is 0. The minimum atomic E-state index is -0.562. The third-order valence-electron chi connectivity index (χ3n) is 3.25. The van der Waals surface area contributed by atoms with Crippen LogP contribution in [0.4, 0.5) is 8.78 Å². The highest BCUT2D eigenvalue weighted by Crippen LogP contribution is 2.23. The van der Waals surface area contributed by atoms with Crippen LogP contribution in [0, 0.1) is 18.6 Å². The minimum Gasteiger partial charge on any atom is -0.330 e. The molecule has 2 aromatic rings. The molecule has 1 unspecified atom stereocenters. The molecule has 0 saturated carbocycles. The molecule has 0 heterocycles. The average Bonchev–Trinajstić information content (AvgIpc) is 2.37. The van der Waals surface area contributed by atoms with Crippen LogP contribution in [0.2, 0.25) is 0 Å². The Morgan fingerprint density at radius 2 is 1.89 bits per heavy atom. The second-order valence-electron chi connectivity index (χ2n) is 4.79. The van der Waals surface area contributed by atoms with E-state index in [4.69, 9.17) is 5.73 Å². The van der Waals surface area contributed by atoms with E-state index in [-0.39, 0.29) is 5.92 Å². The van der Waals surface area contributed by atoms with Gasteiger partial charge in [-0.1, -0.05) is 35.9 Å². The fourth-order valence-corrected chi connectivity index (χ4v) is 2.28. The van der Waals surface area contributed by atoms with Crippen LogP contribution < -0.4 is 5.73 Å². The first-order valence-electron chi connectivity index (χ1n) is 6.30. The lowest BCUT2D eigenvalue weighted by Crippen LogP contribution is -2.16. The maximum absolute atomic E-state index is 13.8. The number of rotatable bonds is 4. The van der Waals surface area contributed by atoms with Gasteiger partial charge in [-0.3, -0.25) is 0 Å². The van der Waals surface area contributed by atoms with E-state index in [1.54, 1.807) is 0 Å². The van der Waals surface area contributed by atoms with Crippen molar-refractivity contribution in [2.45, 2.75) is 19.3 Å². The largest absolute Gasteiger partial charge is 0.330 e. The molecule has 1 nitrogen and oxygen atoms in total. The molecule has 1 atom stereocenters. The van der Waals surface area contributed by atoms with Crippen LogP contribution >= 0.6 is 0 Å². The van der Waals surface area contributed by atoms with Crippen LogP contribution in [0.25, 0.3) is 0 Å². The molecule has 100 valence electrons. The van der Waals surface area contributed by atoms with Gasteiger partial charge >= 0.3 is 0 Å². The highest BCUT2D eigenvalue weighted by Gasteiger charge is 2.15. The first-order chi connectivity index (χ1) is 9.10. The van der Waals surface area contributed by atoms with Crippen molar-refractivity contribution in [1.29, 1.82) is 0 Å². The van der Waals surface area contributed by atoms with E-state index in [1.165, 1.54) is 12.1 Å². The molecule has 0 saturated heterocycles. The van der Waals surface area contributed by atoms with Gasteiger partial charge in [0, 0.05) is 12.0 Å². The molecule has 0 spiro atoms. The maximum Gasteiger partial charge on any atom is 0.129 e. The van der Waals surface area contributed by atoms with Gasteiger partial charge in [0.25, 0.3) is 0 Å². The van der Waals surface area contributed by atoms with Crippen molar-refractivity contribution in [3.8, 4) is 0 Å². The Morgan fingerprint density at radius 1 is 1.11 bits per heavy atom. The maximum atomic E-state index is 13.8. The highest BCUT2D eigenvalue weighted by atomic mass is 19.1. The van der Waals surface area contributed by atoms with Crippen molar-refractivity contribution in [2.24, 2.45) is 5.73 Å². The summed E-state index contributed by atoms with van der Waals surface area (Å²) in [6.45, 7) is 2.34. The van der Waals surface area contributed by atoms with Gasteiger partial charge in [-0.25, -0.2) is 8.78 Å². The summed E-state index contributed by atoms with van der Waals surface area (Å²) in [5.41, 5.74) is 8.48. The Morgan fingerprint density at radius 3 is 2.53 bits per heavy atom. The summed E-state index contributed by atoms with van der Waals surface area (Å²) < 4.78 is 26.7. The van der Waals surface area contributed by atoms with Gasteiger partial charge in [0.1, 0.15) is 11.6 Å². The minimum absolute atomic E-state index is 0.137. The lowest BCUT2D eigenvalue weighted by atomic mass is 9.91. The molecule has 0 aliphatic rings. The average molecular weight is 261 g/mol. The van der Waals surface area contributed by atoms with Crippen molar-refractivity contribution in [3.05, 3.63) is 70.8 Å². The van der Waals surface area contributed by atoms with Gasteiger partial charge in [0.2, 0.25) is 0 Å². The van der Waals surface area contributed by atoms with Crippen molar-refractivity contribution in [3.63, 3.8) is 0 Å². The van der Waals surface area contributed by atoms with Crippen LogP contribution in [0.1, 0.15) is 22.6 Å². The number of aryl methyl sites for hydroxylation is 1. The van der Waals surface area contributed by atoms with Crippen molar-refractivity contribution in [1.82, 2.24) is 0 Å². The lowest BCUT2D eigenvalue weighted by Gasteiger charge is -2.16. The highest BCUT2D eigenvalue weighted by molar-refractivity contribution is 5.28. The van der Waals surface area contributed by atoms with Crippen LogP contribution in [-0.4, -0.2) is 6.54 Å². The monoisotopic (exact) mass is 261 g/mol. The lowest BCUT2D eigenvalue weighted by molar-refractivity contribution is 0.551. The molecule has 0 aliphatic carbocycles. The Balaban J connectivity index is 2.25. The number of benzene rings is 2. The van der Waals surface area contributed by atoms with Crippen molar-refractivity contribution >= 4 is 0 Å². The summed E-state index contributed by atoms with van der Waals surface area (Å²) in [6.07, 6.45) is 0.654. The Hall–Kier alpha value is -1.74. The molecule has 0 bridgehead atoms. The van der Waals surface area contributed by atoms with E-state index in [9.17, 15) is 8.78 Å². The fraction of sp³-hybridized carbons (Fsp3) is 0.250. The van der Waals surface area contributed by atoms with Crippen LogP contribution in [-0.2, 0) is 6.42 Å². The van der Waals surface area contributed by atoms with Gasteiger partial charge in [-0.15, -0.1) is 0 Å². The fourth-order valence-electron chi connectivity index (χ4n) is 2.28. The van der Waals surface area contributed by atoms with Gasteiger partial charge < -0.3 is 5.73 Å². The molecule has 0 amide bonds. The van der Waals surface area contributed by atoms with Crippen LogP contribution in [0.5, 0.6) is 0 Å². The quantitative estimate of drug-likeness (QED) is 0.894. The van der Waals surface area contributed by atoms with Gasteiger partial charge in [0.15, 0.2) is 0 Å². The van der Waals surface area contributed by atoms with Crippen molar-refractivity contribution < 1.29 is 8.78 Å². The van der Waals surface area contributed by atoms with E-state index in [0.29, 0.717) is 18.5 Å². The molecule has 2 rings (SSSR count). The summed E-state index contributed by atoms with van der Waals surface area (Å²) in [7, 11) is 0. The van der Waals surface area contributed by atoms with E-state index in [1.807, 2.05) is 25.1 Å². The number of hydrogen-bond acceptors (Lipinski definition) is 1. The van der Waals surface area contributed by atoms with E-state index >= 15 is 0 Å². The molecule has 0 fully saturated rings. The summed E-state index contributed by atoms with van der Waals surface area (Å²) in [5, 5.41) is 0. The second-order valence-corrected chi connectivity index (χ2v) is 4.79. The molecular formula is C16H17F2N. The molecular weight excluding hydrogens is 244 g/mol. The molecule has 2 aromatic carbocycles. The predicted octanol–water partition coefficient (Wildman–Crippen LogP) is 3.56. The molecule has 2 N–H and O–H groups in total. The Bertz CT molecular complexity index is 566. The van der Waals surface area contributed by atoms with Crippen LogP contribution in [0.3, 0.4) is 0 Å². The zero-order chi connectivity index (χ0) is 13.8. The number of nitrogens with two attached hydrogens (primary N) is 1. The summed E-state index contributed by atoms with van der Waals surface area (Å²) in [6, 6.07) is 11.7. The first-order valence-corrected chi connectivity index (χ1v) is 6.30. The first kappa shape index (κ1) is 13.7. The standard InChI is InChI=1S/C16H17F2N/c1-11-3-2-4-12(7-11)8-13(10-19)15-6-5-14(17)9-16(15)18/h2-7,9,13H,8,10,19H2,1H3. The molecule has 3 heteroatoms. The predicted molar refractivity (Wildman–Crippen MR) is 73.0 cm³/mol. The third-order valence-corrected chi connectivity index (χ3v) is 3.25. The zero-order valence-electron chi connectivity index (χ0n) is 10.9. The van der Waals surface area contributed by atoms with E-state index in [0.717, 1.165) is 17.2 Å². The summed E-state index contributed by atoms with van der Waals surface area (Å²) >= 11 is 0. The third kappa shape index (κ3) is 3.38. The van der Waals surface area contributed by atoms with E-state index in [2.05, 4.69) is 6.07 Å². The molecule has 19 heavy (non-hydrogen) atoms. The number of hydrogen-bond donors (Lipinski definition) is 1. The Kier molecular flexibility index (Phi) is 4.27. The molecule has 0 aromatic heterocycles. The van der Waals surface area contributed by atoms with Gasteiger partial charge in [-0.05, 0) is 37.1 Å². The Labute approximate surface area is 112 Å². The number of halogens is 2. The van der Waals surface area contributed by atoms with Crippen LogP contribution in [0.15, 0.2) is 42.5 Å². The molecule has 0 aliphatic heterocycles. The molecule has 0 radical (unpaired) electrons. The van der Waals surface area contributed by atoms with E-state index < -0.39 is 11.6 Å². The SMILES string of the molecule is Cc1cccc(CC(CN)c2ccc(F)cc2F)c1. The zero-order valence-corrected chi connectivity index (χ0v) is 10.9.